The van der Waals surface area contributed by atoms with Crippen molar-refractivity contribution in [1.29, 1.82) is 0 Å². The fraction of sp³-hybridized carbons (Fsp3) is 0.111. The first-order valence-corrected chi connectivity index (χ1v) is 11.2. The van der Waals surface area contributed by atoms with Gasteiger partial charge in [0.2, 0.25) is 0 Å². The summed E-state index contributed by atoms with van der Waals surface area (Å²) in [6, 6.07) is 23.4. The topological polar surface area (TPSA) is 99.1 Å². The summed E-state index contributed by atoms with van der Waals surface area (Å²) in [5.41, 5.74) is 3.57. The SMILES string of the molecule is COc1ccc(B(O)O)c(CNc2ccc3c4c(cccc24)C(=O)N(Cc2ccccc2)C3=O)c1. The predicted octanol–water partition coefficient (Wildman–Crippen LogP) is 2.94. The Balaban J connectivity index is 1.50. The lowest BCUT2D eigenvalue weighted by Gasteiger charge is -2.28. The number of carbonyl (C=O) groups excluding carboxylic acids is 2. The second-order valence-electron chi connectivity index (χ2n) is 8.36. The molecule has 0 spiro atoms. The number of nitrogens with one attached hydrogen (secondary N) is 1. The minimum absolute atomic E-state index is 0.205. The third-order valence-electron chi connectivity index (χ3n) is 6.27. The van der Waals surface area contributed by atoms with E-state index in [1.54, 1.807) is 43.5 Å². The van der Waals surface area contributed by atoms with Crippen LogP contribution in [0.3, 0.4) is 0 Å². The Bertz CT molecular complexity index is 1420. The molecule has 1 aliphatic heterocycles. The van der Waals surface area contributed by atoms with Crippen LogP contribution in [-0.2, 0) is 13.1 Å². The number of hydrogen-bond donors (Lipinski definition) is 3. The van der Waals surface area contributed by atoms with E-state index in [9.17, 15) is 19.6 Å². The molecule has 174 valence electrons. The normalized spacial score (nSPS) is 12.7. The van der Waals surface area contributed by atoms with Crippen LogP contribution in [0.25, 0.3) is 10.8 Å². The second-order valence-corrected chi connectivity index (χ2v) is 8.36. The minimum atomic E-state index is -1.63. The van der Waals surface area contributed by atoms with Gasteiger partial charge in [-0.15, -0.1) is 0 Å². The maximum Gasteiger partial charge on any atom is 0.488 e. The Morgan fingerprint density at radius 3 is 2.34 bits per heavy atom. The maximum atomic E-state index is 13.3. The zero-order chi connectivity index (χ0) is 24.5. The molecule has 0 radical (unpaired) electrons. The largest absolute Gasteiger partial charge is 0.497 e. The van der Waals surface area contributed by atoms with Crippen molar-refractivity contribution in [3.63, 3.8) is 0 Å². The van der Waals surface area contributed by atoms with Crippen molar-refractivity contribution in [1.82, 2.24) is 4.90 Å². The lowest BCUT2D eigenvalue weighted by atomic mass is 9.77. The molecule has 4 aromatic rings. The second kappa shape index (κ2) is 9.25. The zero-order valence-electron chi connectivity index (χ0n) is 19.1. The van der Waals surface area contributed by atoms with Gasteiger partial charge in [0.05, 0.1) is 13.7 Å². The summed E-state index contributed by atoms with van der Waals surface area (Å²) >= 11 is 0. The number of rotatable bonds is 7. The zero-order valence-corrected chi connectivity index (χ0v) is 19.1. The molecule has 0 aromatic heterocycles. The van der Waals surface area contributed by atoms with Crippen molar-refractivity contribution < 1.29 is 24.4 Å². The van der Waals surface area contributed by atoms with E-state index in [0.717, 1.165) is 16.6 Å². The predicted molar refractivity (Wildman–Crippen MR) is 135 cm³/mol. The van der Waals surface area contributed by atoms with Crippen LogP contribution in [0.2, 0.25) is 0 Å². The van der Waals surface area contributed by atoms with Crippen LogP contribution < -0.4 is 15.5 Å². The van der Waals surface area contributed by atoms with E-state index in [-0.39, 0.29) is 24.9 Å². The Morgan fingerprint density at radius 1 is 0.886 bits per heavy atom. The summed E-state index contributed by atoms with van der Waals surface area (Å²) in [5, 5.41) is 24.2. The van der Waals surface area contributed by atoms with Crippen molar-refractivity contribution >= 4 is 40.9 Å². The molecule has 0 fully saturated rings. The number of anilines is 1. The molecule has 0 atom stereocenters. The van der Waals surface area contributed by atoms with E-state index >= 15 is 0 Å². The number of nitrogens with zero attached hydrogens (tertiary/aromatic N) is 1. The average molecular weight is 466 g/mol. The van der Waals surface area contributed by atoms with Crippen molar-refractivity contribution in [2.75, 3.05) is 12.4 Å². The Kier molecular flexibility index (Phi) is 5.99. The number of benzene rings is 4. The monoisotopic (exact) mass is 466 g/mol. The van der Waals surface area contributed by atoms with Crippen LogP contribution in [0.15, 0.2) is 78.9 Å². The highest BCUT2D eigenvalue weighted by Crippen LogP contribution is 2.35. The minimum Gasteiger partial charge on any atom is -0.497 e. The molecule has 3 N–H and O–H groups in total. The third-order valence-corrected chi connectivity index (χ3v) is 6.27. The lowest BCUT2D eigenvalue weighted by Crippen LogP contribution is -2.39. The van der Waals surface area contributed by atoms with E-state index in [1.807, 2.05) is 42.5 Å². The molecule has 4 aromatic carbocycles. The molecule has 0 saturated carbocycles. The summed E-state index contributed by atoms with van der Waals surface area (Å²) in [6.45, 7) is 0.487. The van der Waals surface area contributed by atoms with Crippen LogP contribution in [0.5, 0.6) is 5.75 Å². The van der Waals surface area contributed by atoms with Crippen LogP contribution in [0.4, 0.5) is 5.69 Å². The molecule has 0 bridgehead atoms. The number of hydrogen-bond acceptors (Lipinski definition) is 6. The van der Waals surface area contributed by atoms with E-state index in [4.69, 9.17) is 4.74 Å². The van der Waals surface area contributed by atoms with E-state index < -0.39 is 7.12 Å². The summed E-state index contributed by atoms with van der Waals surface area (Å²) < 4.78 is 5.27. The average Bonchev–Trinajstić information content (AvgIpc) is 2.88. The van der Waals surface area contributed by atoms with Gasteiger partial charge >= 0.3 is 7.12 Å². The molecule has 8 heteroatoms. The summed E-state index contributed by atoms with van der Waals surface area (Å²) in [5.74, 6) is -0.0574. The van der Waals surface area contributed by atoms with Gasteiger partial charge in [-0.25, -0.2) is 0 Å². The smallest absolute Gasteiger partial charge is 0.488 e. The summed E-state index contributed by atoms with van der Waals surface area (Å²) in [6.07, 6.45) is 0. The number of ether oxygens (including phenoxy) is 1. The summed E-state index contributed by atoms with van der Waals surface area (Å²) in [4.78, 5) is 27.9. The van der Waals surface area contributed by atoms with Crippen LogP contribution in [0, 0.1) is 0 Å². The molecular formula is C27H23BN2O5. The summed E-state index contributed by atoms with van der Waals surface area (Å²) in [7, 11) is -0.0805. The highest BCUT2D eigenvalue weighted by molar-refractivity contribution is 6.59. The number of carbonyl (C=O) groups is 2. The van der Waals surface area contributed by atoms with Crippen LogP contribution in [-0.4, -0.2) is 41.0 Å². The van der Waals surface area contributed by atoms with E-state index in [0.29, 0.717) is 33.3 Å². The Hall–Kier alpha value is -4.14. The van der Waals surface area contributed by atoms with Gasteiger partial charge in [-0.2, -0.15) is 0 Å². The molecule has 1 aliphatic rings. The molecule has 0 aliphatic carbocycles. The number of imide groups is 1. The van der Waals surface area contributed by atoms with Crippen molar-refractivity contribution in [3.8, 4) is 5.75 Å². The number of amides is 2. The van der Waals surface area contributed by atoms with Gasteiger partial charge in [-0.1, -0.05) is 48.5 Å². The molecule has 2 amide bonds. The van der Waals surface area contributed by atoms with Crippen molar-refractivity contribution in [2.45, 2.75) is 13.1 Å². The quantitative estimate of drug-likeness (QED) is 0.286. The third kappa shape index (κ3) is 4.14. The fourth-order valence-corrected chi connectivity index (χ4v) is 4.51. The lowest BCUT2D eigenvalue weighted by molar-refractivity contribution is 0.0598. The fourth-order valence-electron chi connectivity index (χ4n) is 4.51. The Labute approximate surface area is 202 Å². The number of methoxy groups -OCH3 is 1. The first-order valence-electron chi connectivity index (χ1n) is 11.2. The Morgan fingerprint density at radius 2 is 1.63 bits per heavy atom. The standard InChI is InChI=1S/C27H23BN2O5/c1-35-19-10-12-23(28(33)34)18(14-19)15-29-24-13-11-22-25-20(24)8-5-9-21(25)26(31)30(27(22)32)16-17-6-3-2-4-7-17/h2-14,29,33-34H,15-16H2,1H3. The van der Waals surface area contributed by atoms with Gasteiger partial charge in [-0.3, -0.25) is 14.5 Å². The first kappa shape index (κ1) is 22.6. The van der Waals surface area contributed by atoms with Gasteiger partial charge in [0, 0.05) is 34.1 Å². The van der Waals surface area contributed by atoms with Gasteiger partial charge in [0.1, 0.15) is 5.75 Å². The van der Waals surface area contributed by atoms with Crippen molar-refractivity contribution in [2.24, 2.45) is 0 Å². The van der Waals surface area contributed by atoms with Gasteiger partial charge in [-0.05, 0) is 46.9 Å². The van der Waals surface area contributed by atoms with Gasteiger partial charge in [0.15, 0.2) is 0 Å². The molecule has 35 heavy (non-hydrogen) atoms. The van der Waals surface area contributed by atoms with Gasteiger partial charge < -0.3 is 20.1 Å². The van der Waals surface area contributed by atoms with Gasteiger partial charge in [0.25, 0.3) is 11.8 Å². The highest BCUT2D eigenvalue weighted by atomic mass is 16.5. The molecule has 1 heterocycles. The molecule has 5 rings (SSSR count). The first-order chi connectivity index (χ1) is 17.0. The van der Waals surface area contributed by atoms with E-state index in [1.165, 1.54) is 4.90 Å². The molecular weight excluding hydrogens is 443 g/mol. The molecule has 0 saturated heterocycles. The maximum absolute atomic E-state index is 13.3. The van der Waals surface area contributed by atoms with Crippen LogP contribution >= 0.6 is 0 Å². The van der Waals surface area contributed by atoms with E-state index in [2.05, 4.69) is 5.32 Å². The van der Waals surface area contributed by atoms with Crippen LogP contribution in [0.1, 0.15) is 31.8 Å². The highest BCUT2D eigenvalue weighted by Gasteiger charge is 2.33. The molecule has 7 nitrogen and oxygen atoms in total. The molecule has 0 unspecified atom stereocenters. The van der Waals surface area contributed by atoms with Crippen molar-refractivity contribution in [3.05, 3.63) is 101 Å².